The summed E-state index contributed by atoms with van der Waals surface area (Å²) >= 11 is 0. The van der Waals surface area contributed by atoms with Gasteiger partial charge in [0.2, 0.25) is 5.91 Å². The van der Waals surface area contributed by atoms with Crippen molar-refractivity contribution in [3.8, 4) is 11.1 Å². The Hall–Kier alpha value is -3.39. The first-order valence-electron chi connectivity index (χ1n) is 12.2. The maximum atomic E-state index is 12.7. The van der Waals surface area contributed by atoms with E-state index in [4.69, 9.17) is 9.84 Å². The molecule has 4 N–H and O–H groups in total. The molecule has 2 aromatic carbocycles. The highest BCUT2D eigenvalue weighted by atomic mass is 16.5. The van der Waals surface area contributed by atoms with Crippen molar-refractivity contribution < 1.29 is 29.3 Å². The molecule has 186 valence electrons. The number of hydrogen-bond donors (Lipinski definition) is 4. The molecule has 0 aliphatic heterocycles. The van der Waals surface area contributed by atoms with Crippen LogP contribution >= 0.6 is 0 Å². The van der Waals surface area contributed by atoms with Gasteiger partial charge in [-0.1, -0.05) is 61.4 Å². The first-order valence-corrected chi connectivity index (χ1v) is 12.2. The number of nitrogens with one attached hydrogen (secondary N) is 2. The lowest BCUT2D eigenvalue weighted by Crippen LogP contribution is -2.46. The molecule has 35 heavy (non-hydrogen) atoms. The van der Waals surface area contributed by atoms with E-state index in [-0.39, 0.29) is 43.9 Å². The molecule has 0 radical (unpaired) electrons. The van der Waals surface area contributed by atoms with E-state index in [0.29, 0.717) is 0 Å². The summed E-state index contributed by atoms with van der Waals surface area (Å²) in [6, 6.07) is 15.0. The van der Waals surface area contributed by atoms with Crippen molar-refractivity contribution in [3.05, 3.63) is 59.7 Å². The van der Waals surface area contributed by atoms with Gasteiger partial charge in [-0.25, -0.2) is 9.59 Å². The van der Waals surface area contributed by atoms with Crippen molar-refractivity contribution in [3.63, 3.8) is 0 Å². The van der Waals surface area contributed by atoms with Gasteiger partial charge in [0.05, 0.1) is 0 Å². The summed E-state index contributed by atoms with van der Waals surface area (Å²) < 4.78 is 5.67. The molecule has 2 aromatic rings. The Balaban J connectivity index is 1.34. The third-order valence-electron chi connectivity index (χ3n) is 7.05. The minimum absolute atomic E-state index is 0.0273. The van der Waals surface area contributed by atoms with E-state index in [1.165, 1.54) is 0 Å². The normalized spacial score (nSPS) is 19.8. The molecule has 0 bridgehead atoms. The molecule has 8 nitrogen and oxygen atoms in total. The number of fused-ring (bicyclic) bond motifs is 3. The Morgan fingerprint density at radius 3 is 2.23 bits per heavy atom. The molecular formula is C27H32N2O6. The van der Waals surface area contributed by atoms with Crippen LogP contribution in [0.5, 0.6) is 0 Å². The van der Waals surface area contributed by atoms with Crippen LogP contribution in [-0.2, 0) is 14.3 Å². The molecule has 4 rings (SSSR count). The third kappa shape index (κ3) is 5.82. The van der Waals surface area contributed by atoms with E-state index in [2.05, 4.69) is 34.9 Å². The van der Waals surface area contributed by atoms with E-state index < -0.39 is 24.0 Å². The fourth-order valence-electron chi connectivity index (χ4n) is 5.31. The van der Waals surface area contributed by atoms with E-state index in [0.717, 1.165) is 47.9 Å². The summed E-state index contributed by atoms with van der Waals surface area (Å²) in [5.74, 6) is -1.70. The van der Waals surface area contributed by atoms with Crippen LogP contribution in [0, 0.1) is 5.92 Å². The van der Waals surface area contributed by atoms with Crippen LogP contribution in [-0.4, -0.2) is 53.5 Å². The van der Waals surface area contributed by atoms with E-state index in [1.807, 2.05) is 24.3 Å². The van der Waals surface area contributed by atoms with Gasteiger partial charge in [0.25, 0.3) is 0 Å². The van der Waals surface area contributed by atoms with Crippen LogP contribution in [0.3, 0.4) is 0 Å². The van der Waals surface area contributed by atoms with Gasteiger partial charge in [-0.2, -0.15) is 0 Å². The quantitative estimate of drug-likeness (QED) is 0.436. The molecule has 1 fully saturated rings. The van der Waals surface area contributed by atoms with Crippen LogP contribution in [0.25, 0.3) is 11.1 Å². The predicted octanol–water partition coefficient (Wildman–Crippen LogP) is 3.43. The summed E-state index contributed by atoms with van der Waals surface area (Å²) in [6.07, 6.45) is 2.94. The van der Waals surface area contributed by atoms with Crippen LogP contribution < -0.4 is 10.6 Å². The molecule has 0 aromatic heterocycles. The average molecular weight is 481 g/mol. The van der Waals surface area contributed by atoms with Crippen LogP contribution in [0.15, 0.2) is 48.5 Å². The van der Waals surface area contributed by atoms with Gasteiger partial charge in [-0.3, -0.25) is 4.79 Å². The highest BCUT2D eigenvalue weighted by molar-refractivity contribution is 5.83. The second kappa shape index (κ2) is 11.4. The van der Waals surface area contributed by atoms with Gasteiger partial charge in [0.15, 0.2) is 0 Å². The number of hydrogen-bond acceptors (Lipinski definition) is 5. The van der Waals surface area contributed by atoms with Crippen molar-refractivity contribution >= 4 is 18.0 Å². The number of amides is 2. The van der Waals surface area contributed by atoms with Crippen LogP contribution in [0.1, 0.15) is 55.6 Å². The number of carbonyl (C=O) groups is 3. The fourth-order valence-corrected chi connectivity index (χ4v) is 5.31. The maximum absolute atomic E-state index is 12.7. The minimum atomic E-state index is -1.18. The summed E-state index contributed by atoms with van der Waals surface area (Å²) in [5, 5.41) is 23.7. The third-order valence-corrected chi connectivity index (χ3v) is 7.05. The largest absolute Gasteiger partial charge is 0.480 e. The Bertz CT molecular complexity index is 1030. The van der Waals surface area contributed by atoms with Gasteiger partial charge < -0.3 is 25.6 Å². The molecule has 0 spiro atoms. The van der Waals surface area contributed by atoms with E-state index >= 15 is 0 Å². The highest BCUT2D eigenvalue weighted by Gasteiger charge is 2.32. The van der Waals surface area contributed by atoms with Gasteiger partial charge in [0.1, 0.15) is 12.6 Å². The molecule has 0 heterocycles. The van der Waals surface area contributed by atoms with Gasteiger partial charge >= 0.3 is 12.1 Å². The lowest BCUT2D eigenvalue weighted by atomic mass is 9.82. The zero-order chi connectivity index (χ0) is 24.8. The summed E-state index contributed by atoms with van der Waals surface area (Å²) in [5.41, 5.74) is 4.61. The number of aliphatic carboxylic acids is 1. The van der Waals surface area contributed by atoms with E-state index in [1.54, 1.807) is 0 Å². The summed E-state index contributed by atoms with van der Waals surface area (Å²) in [6.45, 7) is -0.105. The second-order valence-corrected chi connectivity index (χ2v) is 9.30. The number of ether oxygens (including phenoxy) is 1. The van der Waals surface area contributed by atoms with Gasteiger partial charge in [0, 0.05) is 31.4 Å². The number of rotatable bonds is 9. The minimum Gasteiger partial charge on any atom is -0.480 e. The highest BCUT2D eigenvalue weighted by Crippen LogP contribution is 2.44. The number of alkyl carbamates (subject to hydrolysis) is 1. The number of aliphatic hydroxyl groups excluding tert-OH is 1. The van der Waals surface area contributed by atoms with Crippen molar-refractivity contribution in [2.24, 2.45) is 5.92 Å². The lowest BCUT2D eigenvalue weighted by molar-refractivity contribution is -0.142. The van der Waals surface area contributed by atoms with Crippen molar-refractivity contribution in [2.45, 2.75) is 56.5 Å². The molecule has 2 aliphatic carbocycles. The molecule has 3 atom stereocenters. The Morgan fingerprint density at radius 2 is 1.60 bits per heavy atom. The molecule has 2 aliphatic rings. The molecule has 2 amide bonds. The van der Waals surface area contributed by atoms with Crippen molar-refractivity contribution in [1.29, 1.82) is 0 Å². The van der Waals surface area contributed by atoms with Gasteiger partial charge in [-0.15, -0.1) is 0 Å². The standard InChI is InChI=1S/C27H32N2O6/c30-14-13-24(26(32)33)28-25(31)15-17-7-1-6-12-23(17)29-27(34)35-16-22-20-10-4-2-8-18(20)19-9-3-5-11-21(19)22/h2-5,8-11,17,22-24,30H,1,6-7,12-16H2,(H,28,31)(H,29,34)(H,32,33)/t17?,23?,24-/m1/s1. The van der Waals surface area contributed by atoms with E-state index in [9.17, 15) is 19.5 Å². The summed E-state index contributed by atoms with van der Waals surface area (Å²) in [7, 11) is 0. The molecule has 0 saturated heterocycles. The second-order valence-electron chi connectivity index (χ2n) is 9.30. The number of aliphatic hydroxyl groups is 1. The molecular weight excluding hydrogens is 448 g/mol. The monoisotopic (exact) mass is 480 g/mol. The number of carboxylic acid groups (broad SMARTS) is 1. The van der Waals surface area contributed by atoms with Crippen LogP contribution in [0.2, 0.25) is 0 Å². The molecule has 2 unspecified atom stereocenters. The predicted molar refractivity (Wildman–Crippen MR) is 130 cm³/mol. The Kier molecular flexibility index (Phi) is 8.02. The zero-order valence-corrected chi connectivity index (χ0v) is 19.6. The smallest absolute Gasteiger partial charge is 0.407 e. The molecule has 1 saturated carbocycles. The topological polar surface area (TPSA) is 125 Å². The van der Waals surface area contributed by atoms with Crippen LogP contribution in [0.4, 0.5) is 4.79 Å². The molecule has 8 heteroatoms. The van der Waals surface area contributed by atoms with Crippen molar-refractivity contribution in [1.82, 2.24) is 10.6 Å². The summed E-state index contributed by atoms with van der Waals surface area (Å²) in [4.78, 5) is 36.5. The number of carbonyl (C=O) groups excluding carboxylic acids is 2. The lowest BCUT2D eigenvalue weighted by Gasteiger charge is -2.32. The van der Waals surface area contributed by atoms with Crippen molar-refractivity contribution in [2.75, 3.05) is 13.2 Å². The first-order chi connectivity index (χ1) is 17.0. The number of carboxylic acids is 1. The maximum Gasteiger partial charge on any atom is 0.407 e. The average Bonchev–Trinajstić information content (AvgIpc) is 3.17. The SMILES string of the molecule is O=C(CC1CCCCC1NC(=O)OCC1c2ccccc2-c2ccccc21)N[C@H](CCO)C(=O)O. The number of benzene rings is 2. The van der Waals surface area contributed by atoms with Gasteiger partial charge in [-0.05, 0) is 41.0 Å². The first kappa shape index (κ1) is 24.7. The zero-order valence-electron chi connectivity index (χ0n) is 19.6. The Labute approximate surface area is 204 Å². The fraction of sp³-hybridized carbons (Fsp3) is 0.444. The Morgan fingerprint density at radius 1 is 0.971 bits per heavy atom.